The highest BCUT2D eigenvalue weighted by atomic mass is 35.5. The molecule has 0 atom stereocenters. The SMILES string of the molecule is S=C1N(c2ccccc2)CN(c2cccc(Cl)c2)CN1c1cccc(Cl)c1. The van der Waals surface area contributed by atoms with Crippen molar-refractivity contribution < 1.29 is 0 Å². The van der Waals surface area contributed by atoms with Crippen molar-refractivity contribution in [3.63, 3.8) is 0 Å². The van der Waals surface area contributed by atoms with E-state index < -0.39 is 0 Å². The highest BCUT2D eigenvalue weighted by molar-refractivity contribution is 7.80. The summed E-state index contributed by atoms with van der Waals surface area (Å²) in [5, 5.41) is 2.13. The minimum Gasteiger partial charge on any atom is -0.335 e. The molecule has 1 heterocycles. The van der Waals surface area contributed by atoms with Crippen molar-refractivity contribution >= 4 is 57.6 Å². The van der Waals surface area contributed by atoms with Gasteiger partial charge in [-0.2, -0.15) is 0 Å². The van der Waals surface area contributed by atoms with Crippen LogP contribution in [0.4, 0.5) is 17.1 Å². The van der Waals surface area contributed by atoms with Gasteiger partial charge in [-0.3, -0.25) is 0 Å². The zero-order valence-electron chi connectivity index (χ0n) is 14.4. The van der Waals surface area contributed by atoms with Crippen molar-refractivity contribution in [1.29, 1.82) is 0 Å². The Hall–Kier alpha value is -2.27. The molecule has 3 nitrogen and oxygen atoms in total. The van der Waals surface area contributed by atoms with E-state index in [1.807, 2.05) is 60.7 Å². The van der Waals surface area contributed by atoms with Gasteiger partial charge in [-0.15, -0.1) is 0 Å². The third-order valence-corrected chi connectivity index (χ3v) is 5.36. The van der Waals surface area contributed by atoms with E-state index in [1.165, 1.54) is 0 Å². The number of anilines is 3. The predicted molar refractivity (Wildman–Crippen MR) is 119 cm³/mol. The van der Waals surface area contributed by atoms with E-state index in [9.17, 15) is 0 Å². The maximum Gasteiger partial charge on any atom is 0.183 e. The smallest absolute Gasteiger partial charge is 0.183 e. The number of nitrogens with zero attached hydrogens (tertiary/aromatic N) is 3. The van der Waals surface area contributed by atoms with E-state index in [0.29, 0.717) is 23.4 Å². The Bertz CT molecular complexity index is 964. The van der Waals surface area contributed by atoms with Crippen LogP contribution in [0.3, 0.4) is 0 Å². The average molecular weight is 414 g/mol. The molecule has 0 aliphatic carbocycles. The highest BCUT2D eigenvalue weighted by Gasteiger charge is 2.29. The fraction of sp³-hybridized carbons (Fsp3) is 0.0952. The van der Waals surface area contributed by atoms with Crippen molar-refractivity contribution in [3.05, 3.63) is 88.9 Å². The van der Waals surface area contributed by atoms with Crippen LogP contribution >= 0.6 is 35.4 Å². The molecular weight excluding hydrogens is 397 g/mol. The third kappa shape index (κ3) is 3.88. The number of rotatable bonds is 3. The summed E-state index contributed by atoms with van der Waals surface area (Å²) in [5.74, 6) is 0. The van der Waals surface area contributed by atoms with Gasteiger partial charge in [0.1, 0.15) is 0 Å². The van der Waals surface area contributed by atoms with Crippen molar-refractivity contribution in [2.45, 2.75) is 0 Å². The maximum absolute atomic E-state index is 6.22. The molecule has 0 amide bonds. The van der Waals surface area contributed by atoms with Crippen LogP contribution in [0.2, 0.25) is 10.0 Å². The van der Waals surface area contributed by atoms with Gasteiger partial charge in [-0.1, -0.05) is 53.5 Å². The molecule has 3 aromatic rings. The number of halogens is 2. The molecule has 0 N–H and O–H groups in total. The molecule has 0 unspecified atom stereocenters. The van der Waals surface area contributed by atoms with Gasteiger partial charge in [-0.05, 0) is 60.7 Å². The lowest BCUT2D eigenvalue weighted by Gasteiger charge is -2.45. The summed E-state index contributed by atoms with van der Waals surface area (Å²) in [6.45, 7) is 1.25. The Morgan fingerprint density at radius 1 is 0.630 bits per heavy atom. The minimum atomic E-state index is 0.614. The maximum atomic E-state index is 6.22. The van der Waals surface area contributed by atoms with Crippen LogP contribution in [0.15, 0.2) is 78.9 Å². The lowest BCUT2D eigenvalue weighted by molar-refractivity contribution is 0.756. The second-order valence-electron chi connectivity index (χ2n) is 6.26. The zero-order valence-corrected chi connectivity index (χ0v) is 16.8. The molecule has 1 aliphatic rings. The van der Waals surface area contributed by atoms with Crippen LogP contribution in [-0.2, 0) is 0 Å². The summed E-state index contributed by atoms with van der Waals surface area (Å²) < 4.78 is 0. The molecule has 3 aromatic carbocycles. The van der Waals surface area contributed by atoms with Crippen LogP contribution in [0.5, 0.6) is 0 Å². The molecule has 1 saturated heterocycles. The Balaban J connectivity index is 1.75. The summed E-state index contributed by atoms with van der Waals surface area (Å²) >= 11 is 18.3. The van der Waals surface area contributed by atoms with Crippen LogP contribution in [0.1, 0.15) is 0 Å². The second kappa shape index (κ2) is 7.77. The van der Waals surface area contributed by atoms with Crippen molar-refractivity contribution in [2.24, 2.45) is 0 Å². The molecule has 0 spiro atoms. The second-order valence-corrected chi connectivity index (χ2v) is 7.49. The van der Waals surface area contributed by atoms with E-state index in [0.717, 1.165) is 22.2 Å². The van der Waals surface area contributed by atoms with Crippen LogP contribution in [-0.4, -0.2) is 18.4 Å². The van der Waals surface area contributed by atoms with Gasteiger partial charge < -0.3 is 14.7 Å². The normalized spacial score (nSPS) is 14.6. The first kappa shape index (κ1) is 18.1. The van der Waals surface area contributed by atoms with Crippen LogP contribution in [0, 0.1) is 0 Å². The molecule has 1 fully saturated rings. The van der Waals surface area contributed by atoms with Crippen molar-refractivity contribution in [2.75, 3.05) is 28.0 Å². The van der Waals surface area contributed by atoms with Crippen LogP contribution < -0.4 is 14.7 Å². The van der Waals surface area contributed by atoms with Gasteiger partial charge in [0, 0.05) is 27.1 Å². The number of thiocarbonyl (C=S) groups is 1. The van der Waals surface area contributed by atoms with Crippen molar-refractivity contribution in [1.82, 2.24) is 0 Å². The van der Waals surface area contributed by atoms with Gasteiger partial charge in [-0.25, -0.2) is 0 Å². The predicted octanol–water partition coefficient (Wildman–Crippen LogP) is 6.03. The molecule has 0 radical (unpaired) electrons. The number of hydrogen-bond acceptors (Lipinski definition) is 2. The Kier molecular flexibility index (Phi) is 5.21. The molecule has 27 heavy (non-hydrogen) atoms. The highest BCUT2D eigenvalue weighted by Crippen LogP contribution is 2.30. The Morgan fingerprint density at radius 3 is 1.78 bits per heavy atom. The molecule has 1 aliphatic heterocycles. The molecular formula is C21H17Cl2N3S. The molecule has 0 saturated carbocycles. The molecule has 0 aromatic heterocycles. The first-order chi connectivity index (χ1) is 13.1. The molecule has 0 bridgehead atoms. The zero-order chi connectivity index (χ0) is 18.8. The topological polar surface area (TPSA) is 9.72 Å². The quantitative estimate of drug-likeness (QED) is 0.484. The van der Waals surface area contributed by atoms with Crippen LogP contribution in [0.25, 0.3) is 0 Å². The summed E-state index contributed by atoms with van der Waals surface area (Å²) in [6, 6.07) is 25.8. The summed E-state index contributed by atoms with van der Waals surface area (Å²) in [7, 11) is 0. The van der Waals surface area contributed by atoms with Crippen molar-refractivity contribution in [3.8, 4) is 0 Å². The lowest BCUT2D eigenvalue weighted by Crippen LogP contribution is -2.58. The van der Waals surface area contributed by atoms with Gasteiger partial charge in [0.15, 0.2) is 5.11 Å². The Morgan fingerprint density at radius 2 is 1.15 bits per heavy atom. The van der Waals surface area contributed by atoms with E-state index in [2.05, 4.69) is 32.9 Å². The van der Waals surface area contributed by atoms with Gasteiger partial charge >= 0.3 is 0 Å². The summed E-state index contributed by atoms with van der Waals surface area (Å²) in [4.78, 5) is 6.43. The van der Waals surface area contributed by atoms with E-state index in [1.54, 1.807) is 0 Å². The van der Waals surface area contributed by atoms with Gasteiger partial charge in [0.25, 0.3) is 0 Å². The molecule has 6 heteroatoms. The van der Waals surface area contributed by atoms with Gasteiger partial charge in [0.05, 0.1) is 13.3 Å². The first-order valence-corrected chi connectivity index (χ1v) is 9.68. The van der Waals surface area contributed by atoms with Gasteiger partial charge in [0.2, 0.25) is 0 Å². The summed E-state index contributed by atoms with van der Waals surface area (Å²) in [5.41, 5.74) is 3.04. The average Bonchev–Trinajstić information content (AvgIpc) is 2.69. The fourth-order valence-corrected chi connectivity index (χ4v) is 3.82. The largest absolute Gasteiger partial charge is 0.335 e. The van der Waals surface area contributed by atoms with E-state index in [-0.39, 0.29) is 0 Å². The summed E-state index contributed by atoms with van der Waals surface area (Å²) in [6.07, 6.45) is 0. The molecule has 4 rings (SSSR count). The van der Waals surface area contributed by atoms with E-state index >= 15 is 0 Å². The monoisotopic (exact) mass is 413 g/mol. The standard InChI is InChI=1S/C21H17Cl2N3S/c22-16-6-4-10-19(12-16)24-14-25(18-8-2-1-3-9-18)21(27)26(15-24)20-11-5-7-17(23)13-20/h1-13H,14-15H2. The number of benzene rings is 3. The number of hydrogen-bond donors (Lipinski definition) is 0. The minimum absolute atomic E-state index is 0.614. The molecule has 136 valence electrons. The fourth-order valence-electron chi connectivity index (χ4n) is 3.13. The lowest BCUT2D eigenvalue weighted by atomic mass is 10.2. The number of para-hydroxylation sites is 1. The third-order valence-electron chi connectivity index (χ3n) is 4.45. The Labute approximate surface area is 174 Å². The first-order valence-electron chi connectivity index (χ1n) is 8.52. The van der Waals surface area contributed by atoms with E-state index in [4.69, 9.17) is 35.4 Å².